The molecular weight excluding hydrogens is 450 g/mol. The Balaban J connectivity index is 1.56. The van der Waals surface area contributed by atoms with Crippen LogP contribution in [0.5, 0.6) is 11.5 Å². The number of hydrogen-bond donors (Lipinski definition) is 1. The Labute approximate surface area is 212 Å². The summed E-state index contributed by atoms with van der Waals surface area (Å²) < 4.78 is 12.0. The lowest BCUT2D eigenvalue weighted by Crippen LogP contribution is -2.15. The van der Waals surface area contributed by atoms with Gasteiger partial charge >= 0.3 is 5.97 Å². The van der Waals surface area contributed by atoms with Crippen molar-refractivity contribution in [1.82, 2.24) is 4.98 Å². The van der Waals surface area contributed by atoms with Gasteiger partial charge in [-0.05, 0) is 59.4 Å². The topological polar surface area (TPSA) is 68.7 Å². The first-order valence-corrected chi connectivity index (χ1v) is 12.1. The number of nitrogens with zero attached hydrogens (tertiary/aromatic N) is 1. The lowest BCUT2D eigenvalue weighted by Gasteiger charge is -2.23. The zero-order valence-electron chi connectivity index (χ0n) is 20.9. The van der Waals surface area contributed by atoms with Crippen LogP contribution < -0.4 is 9.47 Å². The summed E-state index contributed by atoms with van der Waals surface area (Å²) in [6, 6.07) is 28.8. The zero-order chi connectivity index (χ0) is 25.5. The van der Waals surface area contributed by atoms with Gasteiger partial charge in [0.05, 0.1) is 17.0 Å². The van der Waals surface area contributed by atoms with Crippen LogP contribution in [0, 0.1) is 0 Å². The third kappa shape index (κ3) is 5.92. The molecule has 0 bridgehead atoms. The van der Waals surface area contributed by atoms with E-state index in [-0.39, 0.29) is 17.6 Å². The maximum Gasteiger partial charge on any atom is 0.337 e. The summed E-state index contributed by atoms with van der Waals surface area (Å²) >= 11 is 0. The number of hydrogen-bond acceptors (Lipinski definition) is 4. The van der Waals surface area contributed by atoms with Gasteiger partial charge in [0.15, 0.2) is 0 Å². The molecule has 0 radical (unpaired) electrons. The fourth-order valence-electron chi connectivity index (χ4n) is 3.85. The Morgan fingerprint density at radius 2 is 1.53 bits per heavy atom. The fourth-order valence-corrected chi connectivity index (χ4v) is 3.85. The van der Waals surface area contributed by atoms with Crippen molar-refractivity contribution in [3.63, 3.8) is 0 Å². The SMILES string of the molecule is CCC(C)(C)c1ccc(OCc2nc(-c3ccccc3OCc3ccccc3)ccc2C(=O)O)cc1. The van der Waals surface area contributed by atoms with Crippen LogP contribution in [-0.4, -0.2) is 16.1 Å². The van der Waals surface area contributed by atoms with Crippen molar-refractivity contribution >= 4 is 5.97 Å². The molecule has 1 aromatic heterocycles. The molecule has 5 nitrogen and oxygen atoms in total. The highest BCUT2D eigenvalue weighted by molar-refractivity contribution is 5.89. The maximum atomic E-state index is 11.9. The van der Waals surface area contributed by atoms with E-state index in [0.717, 1.165) is 17.5 Å². The number of carbonyl (C=O) groups is 1. The highest BCUT2D eigenvalue weighted by Crippen LogP contribution is 2.31. The van der Waals surface area contributed by atoms with E-state index < -0.39 is 5.97 Å². The van der Waals surface area contributed by atoms with Gasteiger partial charge in [0.1, 0.15) is 24.7 Å². The first-order valence-electron chi connectivity index (χ1n) is 12.1. The van der Waals surface area contributed by atoms with Gasteiger partial charge in [-0.3, -0.25) is 0 Å². The number of benzene rings is 3. The molecule has 184 valence electrons. The summed E-state index contributed by atoms with van der Waals surface area (Å²) in [7, 11) is 0. The fraction of sp³-hybridized carbons (Fsp3) is 0.226. The predicted molar refractivity (Wildman–Crippen MR) is 141 cm³/mol. The van der Waals surface area contributed by atoms with Gasteiger partial charge in [-0.2, -0.15) is 0 Å². The van der Waals surface area contributed by atoms with Crippen molar-refractivity contribution < 1.29 is 19.4 Å². The van der Waals surface area contributed by atoms with Gasteiger partial charge in [0.2, 0.25) is 0 Å². The minimum atomic E-state index is -1.04. The van der Waals surface area contributed by atoms with E-state index in [0.29, 0.717) is 29.5 Å². The van der Waals surface area contributed by atoms with E-state index in [1.165, 1.54) is 5.56 Å². The van der Waals surface area contributed by atoms with Crippen molar-refractivity contribution in [2.24, 2.45) is 0 Å². The Kier molecular flexibility index (Phi) is 7.69. The van der Waals surface area contributed by atoms with Crippen LogP contribution in [-0.2, 0) is 18.6 Å². The Morgan fingerprint density at radius 3 is 2.22 bits per heavy atom. The monoisotopic (exact) mass is 481 g/mol. The van der Waals surface area contributed by atoms with Crippen LogP contribution in [0.15, 0.2) is 91.0 Å². The minimum Gasteiger partial charge on any atom is -0.488 e. The van der Waals surface area contributed by atoms with E-state index in [1.54, 1.807) is 12.1 Å². The summed E-state index contributed by atoms with van der Waals surface area (Å²) in [6.45, 7) is 7.05. The van der Waals surface area contributed by atoms with Gasteiger partial charge < -0.3 is 14.6 Å². The molecule has 1 N–H and O–H groups in total. The smallest absolute Gasteiger partial charge is 0.337 e. The number of aromatic nitrogens is 1. The molecule has 0 aliphatic carbocycles. The maximum absolute atomic E-state index is 11.9. The molecule has 0 spiro atoms. The standard InChI is InChI=1S/C31H31NO4/c1-4-31(2,3)23-14-16-24(17-15-23)35-21-28-26(30(33)34)18-19-27(32-28)25-12-8-9-13-29(25)36-20-22-10-6-5-7-11-22/h5-19H,4,20-21H2,1-3H3,(H,33,34). The number of carboxylic acid groups (broad SMARTS) is 1. The van der Waals surface area contributed by atoms with Crippen molar-refractivity contribution in [3.05, 3.63) is 113 Å². The van der Waals surface area contributed by atoms with Crippen LogP contribution in [0.2, 0.25) is 0 Å². The van der Waals surface area contributed by atoms with E-state index in [4.69, 9.17) is 9.47 Å². The Bertz CT molecular complexity index is 1310. The lowest BCUT2D eigenvalue weighted by atomic mass is 9.82. The van der Waals surface area contributed by atoms with Gasteiger partial charge in [0, 0.05) is 5.56 Å². The van der Waals surface area contributed by atoms with Crippen molar-refractivity contribution in [3.8, 4) is 22.8 Å². The van der Waals surface area contributed by atoms with E-state index >= 15 is 0 Å². The van der Waals surface area contributed by atoms with Crippen molar-refractivity contribution in [2.45, 2.75) is 45.8 Å². The van der Waals surface area contributed by atoms with Crippen molar-refractivity contribution in [1.29, 1.82) is 0 Å². The first kappa shape index (κ1) is 25.0. The van der Waals surface area contributed by atoms with E-state index in [1.807, 2.05) is 66.7 Å². The predicted octanol–water partition coefficient (Wildman–Crippen LogP) is 7.29. The highest BCUT2D eigenvalue weighted by Gasteiger charge is 2.19. The van der Waals surface area contributed by atoms with E-state index in [2.05, 4.69) is 37.9 Å². The molecule has 0 aliphatic heterocycles. The van der Waals surface area contributed by atoms with Crippen LogP contribution in [0.25, 0.3) is 11.3 Å². The molecule has 3 aromatic carbocycles. The average Bonchev–Trinajstić information content (AvgIpc) is 2.91. The zero-order valence-corrected chi connectivity index (χ0v) is 20.9. The van der Waals surface area contributed by atoms with Gasteiger partial charge in [0.25, 0.3) is 0 Å². The van der Waals surface area contributed by atoms with Gasteiger partial charge in [-0.15, -0.1) is 0 Å². The summed E-state index contributed by atoms with van der Waals surface area (Å²) in [4.78, 5) is 16.6. The van der Waals surface area contributed by atoms with Crippen LogP contribution >= 0.6 is 0 Å². The number of carboxylic acids is 1. The number of pyridine rings is 1. The second-order valence-electron chi connectivity index (χ2n) is 9.32. The van der Waals surface area contributed by atoms with Crippen LogP contribution in [0.1, 0.15) is 54.4 Å². The van der Waals surface area contributed by atoms with Crippen molar-refractivity contribution in [2.75, 3.05) is 0 Å². The number of aromatic carboxylic acids is 1. The third-order valence-corrected chi connectivity index (χ3v) is 6.50. The molecule has 0 saturated carbocycles. The number of rotatable bonds is 10. The normalized spacial score (nSPS) is 11.2. The third-order valence-electron chi connectivity index (χ3n) is 6.50. The summed E-state index contributed by atoms with van der Waals surface area (Å²) in [5, 5.41) is 9.72. The second kappa shape index (κ2) is 11.1. The summed E-state index contributed by atoms with van der Waals surface area (Å²) in [5.74, 6) is 0.306. The van der Waals surface area contributed by atoms with Crippen LogP contribution in [0.3, 0.4) is 0 Å². The second-order valence-corrected chi connectivity index (χ2v) is 9.32. The first-order chi connectivity index (χ1) is 17.4. The molecule has 4 rings (SSSR count). The molecule has 5 heteroatoms. The molecule has 36 heavy (non-hydrogen) atoms. The van der Waals surface area contributed by atoms with Gasteiger partial charge in [-0.1, -0.05) is 75.4 Å². The Hall–Kier alpha value is -4.12. The highest BCUT2D eigenvalue weighted by atomic mass is 16.5. The van der Waals surface area contributed by atoms with Gasteiger partial charge in [-0.25, -0.2) is 9.78 Å². The molecular formula is C31H31NO4. The van der Waals surface area contributed by atoms with Crippen LogP contribution in [0.4, 0.5) is 0 Å². The minimum absolute atomic E-state index is 0.0407. The molecule has 0 unspecified atom stereocenters. The molecule has 0 fully saturated rings. The average molecular weight is 482 g/mol. The Morgan fingerprint density at radius 1 is 0.833 bits per heavy atom. The quantitative estimate of drug-likeness (QED) is 0.257. The summed E-state index contributed by atoms with van der Waals surface area (Å²) in [6.07, 6.45) is 1.03. The molecule has 4 aromatic rings. The summed E-state index contributed by atoms with van der Waals surface area (Å²) in [5.41, 5.74) is 4.27. The van der Waals surface area contributed by atoms with E-state index in [9.17, 15) is 9.90 Å². The number of ether oxygens (including phenoxy) is 2. The number of para-hydroxylation sites is 1. The molecule has 1 heterocycles. The molecule has 0 saturated heterocycles. The molecule has 0 aliphatic rings. The largest absolute Gasteiger partial charge is 0.488 e. The lowest BCUT2D eigenvalue weighted by molar-refractivity contribution is 0.0693. The molecule has 0 atom stereocenters. The molecule has 0 amide bonds.